The molecule has 1 fully saturated rings. The van der Waals surface area contributed by atoms with E-state index in [0.717, 1.165) is 10.9 Å². The summed E-state index contributed by atoms with van der Waals surface area (Å²) in [6.07, 6.45) is 1.77. The first kappa shape index (κ1) is 16.5. The largest absolute Gasteiger partial charge is 0.480 e. The van der Waals surface area contributed by atoms with E-state index in [2.05, 4.69) is 26.6 Å². The Morgan fingerprint density at radius 2 is 1.82 bits per heavy atom. The third-order valence-electron chi connectivity index (χ3n) is 3.74. The molecule has 1 aromatic rings. The Kier molecular flexibility index (Phi) is 5.18. The number of nitrogens with one attached hydrogen (secondary N) is 2. The van der Waals surface area contributed by atoms with Crippen LogP contribution in [0.25, 0.3) is 0 Å². The monoisotopic (exact) mass is 368 g/mol. The van der Waals surface area contributed by atoms with Crippen molar-refractivity contribution in [1.82, 2.24) is 10.6 Å². The highest BCUT2D eigenvalue weighted by atomic mass is 79.9. The lowest BCUT2D eigenvalue weighted by atomic mass is 9.76. The normalized spacial score (nSPS) is 15.5. The van der Waals surface area contributed by atoms with Crippen molar-refractivity contribution in [1.29, 1.82) is 0 Å². The van der Waals surface area contributed by atoms with Gasteiger partial charge in [-0.05, 0) is 43.5 Å². The molecule has 0 spiro atoms. The molecule has 7 heteroatoms. The fourth-order valence-corrected chi connectivity index (χ4v) is 2.51. The quantitative estimate of drug-likeness (QED) is 0.711. The Morgan fingerprint density at radius 3 is 2.32 bits per heavy atom. The first-order chi connectivity index (χ1) is 10.4. The average molecular weight is 369 g/mol. The Hall–Kier alpha value is -1.89. The molecule has 6 nitrogen and oxygen atoms in total. The first-order valence-corrected chi connectivity index (χ1v) is 7.80. The maximum absolute atomic E-state index is 11.8. The number of amides is 2. The Morgan fingerprint density at radius 1 is 1.18 bits per heavy atom. The molecule has 1 saturated carbocycles. The van der Waals surface area contributed by atoms with Gasteiger partial charge in [-0.15, -0.1) is 0 Å². The molecule has 0 saturated heterocycles. The molecule has 3 N–H and O–H groups in total. The molecule has 0 bridgehead atoms. The summed E-state index contributed by atoms with van der Waals surface area (Å²) in [5, 5.41) is 14.3. The van der Waals surface area contributed by atoms with E-state index in [1.165, 1.54) is 0 Å². The Balaban J connectivity index is 1.76. The first-order valence-electron chi connectivity index (χ1n) is 7.01. The summed E-state index contributed by atoms with van der Waals surface area (Å²) in [6, 6.07) is 6.87. The minimum atomic E-state index is -1.10. The van der Waals surface area contributed by atoms with Gasteiger partial charge in [0, 0.05) is 23.0 Å². The predicted octanol–water partition coefficient (Wildman–Crippen LogP) is 1.69. The lowest BCUT2D eigenvalue weighted by Gasteiger charge is -2.38. The lowest BCUT2D eigenvalue weighted by molar-refractivity contribution is -0.151. The summed E-state index contributed by atoms with van der Waals surface area (Å²) < 4.78 is 0.878. The van der Waals surface area contributed by atoms with Crippen molar-refractivity contribution in [3.8, 4) is 0 Å². The molecule has 118 valence electrons. The van der Waals surface area contributed by atoms with E-state index in [1.807, 2.05) is 0 Å². The van der Waals surface area contributed by atoms with Gasteiger partial charge in [-0.2, -0.15) is 0 Å². The highest BCUT2D eigenvalue weighted by Crippen LogP contribution is 2.32. The number of hydrogen-bond donors (Lipinski definition) is 3. The fourth-order valence-electron chi connectivity index (χ4n) is 2.24. The molecular weight excluding hydrogens is 352 g/mol. The maximum Gasteiger partial charge on any atom is 0.329 e. The van der Waals surface area contributed by atoms with Crippen LogP contribution in [-0.4, -0.2) is 35.0 Å². The highest BCUT2D eigenvalue weighted by molar-refractivity contribution is 9.10. The fraction of sp³-hybridized carbons (Fsp3) is 0.400. The van der Waals surface area contributed by atoms with Crippen LogP contribution in [0.3, 0.4) is 0 Å². The van der Waals surface area contributed by atoms with Crippen molar-refractivity contribution in [2.45, 2.75) is 31.2 Å². The van der Waals surface area contributed by atoms with Gasteiger partial charge in [0.25, 0.3) is 5.91 Å². The molecule has 0 heterocycles. The van der Waals surface area contributed by atoms with Gasteiger partial charge in [-0.1, -0.05) is 15.9 Å². The second-order valence-corrected chi connectivity index (χ2v) is 6.22. The summed E-state index contributed by atoms with van der Waals surface area (Å²) in [4.78, 5) is 34.8. The zero-order chi connectivity index (χ0) is 16.2. The SMILES string of the molecule is O=C(CCNC(=O)c1ccc(Br)cc1)NC1(C(=O)O)CCC1. The molecule has 1 aliphatic carbocycles. The molecule has 1 aromatic carbocycles. The highest BCUT2D eigenvalue weighted by Gasteiger charge is 2.45. The third-order valence-corrected chi connectivity index (χ3v) is 4.27. The minimum Gasteiger partial charge on any atom is -0.480 e. The molecule has 0 unspecified atom stereocenters. The summed E-state index contributed by atoms with van der Waals surface area (Å²) in [5.41, 5.74) is -0.600. The van der Waals surface area contributed by atoms with Gasteiger partial charge in [-0.25, -0.2) is 4.79 Å². The van der Waals surface area contributed by atoms with Crippen molar-refractivity contribution in [2.75, 3.05) is 6.54 Å². The van der Waals surface area contributed by atoms with Crippen molar-refractivity contribution in [3.05, 3.63) is 34.3 Å². The Bertz CT molecular complexity index is 582. The molecule has 0 aromatic heterocycles. The lowest BCUT2D eigenvalue weighted by Crippen LogP contribution is -2.59. The van der Waals surface area contributed by atoms with E-state index in [1.54, 1.807) is 24.3 Å². The molecule has 0 radical (unpaired) electrons. The Labute approximate surface area is 136 Å². The van der Waals surface area contributed by atoms with Gasteiger partial charge in [0.15, 0.2) is 0 Å². The van der Waals surface area contributed by atoms with Crippen LogP contribution in [-0.2, 0) is 9.59 Å². The number of aliphatic carboxylic acids is 1. The van der Waals surface area contributed by atoms with E-state index in [0.29, 0.717) is 18.4 Å². The van der Waals surface area contributed by atoms with Crippen LogP contribution in [0, 0.1) is 0 Å². The number of rotatable bonds is 6. The number of carboxylic acid groups (broad SMARTS) is 1. The van der Waals surface area contributed by atoms with Crippen LogP contribution < -0.4 is 10.6 Å². The van der Waals surface area contributed by atoms with Gasteiger partial charge in [0.2, 0.25) is 5.91 Å². The summed E-state index contributed by atoms with van der Waals surface area (Å²) in [7, 11) is 0. The average Bonchev–Trinajstić information content (AvgIpc) is 2.43. The van der Waals surface area contributed by atoms with Gasteiger partial charge < -0.3 is 15.7 Å². The van der Waals surface area contributed by atoms with Crippen LogP contribution in [0.15, 0.2) is 28.7 Å². The number of halogens is 1. The van der Waals surface area contributed by atoms with E-state index >= 15 is 0 Å². The zero-order valence-electron chi connectivity index (χ0n) is 11.9. The van der Waals surface area contributed by atoms with E-state index in [-0.39, 0.29) is 24.8 Å². The molecular formula is C15H17BrN2O4. The topological polar surface area (TPSA) is 95.5 Å². The minimum absolute atomic E-state index is 0.0529. The maximum atomic E-state index is 11.8. The molecule has 1 aliphatic rings. The van der Waals surface area contributed by atoms with Crippen LogP contribution in [0.4, 0.5) is 0 Å². The molecule has 22 heavy (non-hydrogen) atoms. The molecule has 0 aliphatic heterocycles. The smallest absolute Gasteiger partial charge is 0.329 e. The number of hydrogen-bond acceptors (Lipinski definition) is 3. The van der Waals surface area contributed by atoms with E-state index < -0.39 is 11.5 Å². The van der Waals surface area contributed by atoms with E-state index in [4.69, 9.17) is 5.11 Å². The van der Waals surface area contributed by atoms with Gasteiger partial charge in [0.05, 0.1) is 0 Å². The second-order valence-electron chi connectivity index (χ2n) is 5.30. The summed E-state index contributed by atoms with van der Waals surface area (Å²) >= 11 is 3.29. The summed E-state index contributed by atoms with van der Waals surface area (Å²) in [5.74, 6) is -1.62. The van der Waals surface area contributed by atoms with Crippen LogP contribution >= 0.6 is 15.9 Å². The third kappa shape index (κ3) is 3.85. The predicted molar refractivity (Wildman–Crippen MR) is 83.5 cm³/mol. The van der Waals surface area contributed by atoms with Crippen LogP contribution in [0.2, 0.25) is 0 Å². The van der Waals surface area contributed by atoms with Crippen molar-refractivity contribution in [3.63, 3.8) is 0 Å². The van der Waals surface area contributed by atoms with Gasteiger partial charge >= 0.3 is 5.97 Å². The zero-order valence-corrected chi connectivity index (χ0v) is 13.5. The van der Waals surface area contributed by atoms with Crippen LogP contribution in [0.5, 0.6) is 0 Å². The van der Waals surface area contributed by atoms with Crippen LogP contribution in [0.1, 0.15) is 36.0 Å². The second kappa shape index (κ2) is 6.91. The van der Waals surface area contributed by atoms with Crippen molar-refractivity contribution >= 4 is 33.7 Å². The molecule has 2 rings (SSSR count). The van der Waals surface area contributed by atoms with Gasteiger partial charge in [-0.3, -0.25) is 9.59 Å². The number of carbonyl (C=O) groups is 3. The van der Waals surface area contributed by atoms with Crippen molar-refractivity contribution < 1.29 is 19.5 Å². The molecule has 2 amide bonds. The number of carbonyl (C=O) groups excluding carboxylic acids is 2. The molecule has 0 atom stereocenters. The van der Waals surface area contributed by atoms with Crippen molar-refractivity contribution in [2.24, 2.45) is 0 Å². The van der Waals surface area contributed by atoms with Gasteiger partial charge in [0.1, 0.15) is 5.54 Å². The standard InChI is InChI=1S/C15H17BrN2O4/c16-11-4-2-10(3-5-11)13(20)17-9-6-12(19)18-15(14(21)22)7-1-8-15/h2-5H,1,6-9H2,(H,17,20)(H,18,19)(H,21,22). The number of carboxylic acids is 1. The summed E-state index contributed by atoms with van der Waals surface area (Å²) in [6.45, 7) is 0.163. The van der Waals surface area contributed by atoms with E-state index in [9.17, 15) is 14.4 Å². The number of benzene rings is 1.